The zero-order chi connectivity index (χ0) is 15.4. The van der Waals surface area contributed by atoms with Gasteiger partial charge in [0.25, 0.3) is 5.91 Å². The van der Waals surface area contributed by atoms with Crippen molar-refractivity contribution in [2.24, 2.45) is 0 Å². The van der Waals surface area contributed by atoms with Crippen LogP contribution in [0.15, 0.2) is 33.3 Å². The molecular formula is C14H15BrN2O4. The number of nitrogens with one attached hydrogen (secondary N) is 1. The Hall–Kier alpha value is -2.02. The first kappa shape index (κ1) is 15.4. The number of carboxylic acids is 1. The summed E-state index contributed by atoms with van der Waals surface area (Å²) in [6.07, 6.45) is 2.77. The summed E-state index contributed by atoms with van der Waals surface area (Å²) in [5.41, 5.74) is 0.550. The van der Waals surface area contributed by atoms with E-state index in [1.807, 2.05) is 17.7 Å². The normalized spacial score (nSPS) is 10.6. The summed E-state index contributed by atoms with van der Waals surface area (Å²) in [6, 6.07) is 4.64. The lowest BCUT2D eigenvalue weighted by Gasteiger charge is -2.07. The monoisotopic (exact) mass is 354 g/mol. The fraction of sp³-hybridized carbons (Fsp3) is 0.286. The van der Waals surface area contributed by atoms with Gasteiger partial charge >= 0.3 is 5.97 Å². The lowest BCUT2D eigenvalue weighted by Crippen LogP contribution is -2.25. The SMILES string of the molecule is CCCn1cc(Br)cc1C(=O)NCc1ccc(C(=O)O)o1. The van der Waals surface area contributed by atoms with Gasteiger partial charge in [-0.15, -0.1) is 0 Å². The van der Waals surface area contributed by atoms with Gasteiger partial charge in [0.05, 0.1) is 6.54 Å². The quantitative estimate of drug-likeness (QED) is 0.835. The third-order valence-corrected chi connectivity index (χ3v) is 3.29. The van der Waals surface area contributed by atoms with Crippen LogP contribution in [0.5, 0.6) is 0 Å². The van der Waals surface area contributed by atoms with Crippen molar-refractivity contribution in [3.05, 3.63) is 46.1 Å². The van der Waals surface area contributed by atoms with E-state index >= 15 is 0 Å². The van der Waals surface area contributed by atoms with Crippen LogP contribution in [0.1, 0.15) is 40.1 Å². The Morgan fingerprint density at radius 2 is 2.19 bits per heavy atom. The van der Waals surface area contributed by atoms with Gasteiger partial charge in [0, 0.05) is 17.2 Å². The van der Waals surface area contributed by atoms with Crippen molar-refractivity contribution in [1.29, 1.82) is 0 Å². The van der Waals surface area contributed by atoms with E-state index in [0.717, 1.165) is 17.4 Å². The van der Waals surface area contributed by atoms with Gasteiger partial charge in [-0.25, -0.2) is 4.79 Å². The van der Waals surface area contributed by atoms with E-state index < -0.39 is 5.97 Å². The zero-order valence-electron chi connectivity index (χ0n) is 11.4. The second-order valence-corrected chi connectivity index (χ2v) is 5.41. The van der Waals surface area contributed by atoms with Crippen molar-refractivity contribution in [3.8, 4) is 0 Å². The fourth-order valence-corrected chi connectivity index (χ4v) is 2.40. The highest BCUT2D eigenvalue weighted by molar-refractivity contribution is 9.10. The highest BCUT2D eigenvalue weighted by atomic mass is 79.9. The van der Waals surface area contributed by atoms with Gasteiger partial charge in [-0.05, 0) is 40.5 Å². The molecule has 1 amide bonds. The van der Waals surface area contributed by atoms with Crippen molar-refractivity contribution in [3.63, 3.8) is 0 Å². The summed E-state index contributed by atoms with van der Waals surface area (Å²) in [5, 5.41) is 11.5. The molecule has 7 heteroatoms. The number of carbonyl (C=O) groups is 2. The lowest BCUT2D eigenvalue weighted by atomic mass is 10.3. The Kier molecular flexibility index (Phi) is 4.85. The summed E-state index contributed by atoms with van der Waals surface area (Å²) in [7, 11) is 0. The number of hydrogen-bond acceptors (Lipinski definition) is 3. The molecule has 0 saturated heterocycles. The number of rotatable bonds is 6. The predicted molar refractivity (Wildman–Crippen MR) is 79.3 cm³/mol. The Morgan fingerprint density at radius 1 is 1.43 bits per heavy atom. The summed E-state index contributed by atoms with van der Waals surface area (Å²) >= 11 is 3.35. The van der Waals surface area contributed by atoms with Crippen molar-refractivity contribution in [2.45, 2.75) is 26.4 Å². The second-order valence-electron chi connectivity index (χ2n) is 4.49. The van der Waals surface area contributed by atoms with Crippen LogP contribution in [0.2, 0.25) is 0 Å². The van der Waals surface area contributed by atoms with Crippen LogP contribution in [-0.4, -0.2) is 21.6 Å². The van der Waals surface area contributed by atoms with E-state index in [9.17, 15) is 9.59 Å². The van der Waals surface area contributed by atoms with E-state index in [-0.39, 0.29) is 18.2 Å². The molecule has 0 aliphatic heterocycles. The third-order valence-electron chi connectivity index (χ3n) is 2.86. The third kappa shape index (κ3) is 3.75. The number of aryl methyl sites for hydroxylation is 1. The molecule has 0 aliphatic carbocycles. The number of amides is 1. The average molecular weight is 355 g/mol. The Balaban J connectivity index is 2.02. The van der Waals surface area contributed by atoms with E-state index in [1.54, 1.807) is 6.07 Å². The van der Waals surface area contributed by atoms with Crippen LogP contribution in [0.4, 0.5) is 0 Å². The molecule has 0 aromatic carbocycles. The van der Waals surface area contributed by atoms with Crippen LogP contribution >= 0.6 is 15.9 Å². The van der Waals surface area contributed by atoms with Crippen molar-refractivity contribution >= 4 is 27.8 Å². The molecule has 2 rings (SSSR count). The summed E-state index contributed by atoms with van der Waals surface area (Å²) in [6.45, 7) is 2.92. The van der Waals surface area contributed by atoms with Crippen LogP contribution in [0, 0.1) is 0 Å². The average Bonchev–Trinajstić information content (AvgIpc) is 3.03. The Morgan fingerprint density at radius 3 is 2.81 bits per heavy atom. The van der Waals surface area contributed by atoms with Gasteiger partial charge in [0.1, 0.15) is 11.5 Å². The highest BCUT2D eigenvalue weighted by Crippen LogP contribution is 2.16. The minimum atomic E-state index is -1.13. The summed E-state index contributed by atoms with van der Waals surface area (Å²) in [4.78, 5) is 22.9. The summed E-state index contributed by atoms with van der Waals surface area (Å²) in [5.74, 6) is -1.11. The molecule has 0 unspecified atom stereocenters. The van der Waals surface area contributed by atoms with Crippen molar-refractivity contribution < 1.29 is 19.1 Å². The number of carbonyl (C=O) groups excluding carboxylic acids is 1. The topological polar surface area (TPSA) is 84.5 Å². The fourth-order valence-electron chi connectivity index (χ4n) is 1.94. The largest absolute Gasteiger partial charge is 0.475 e. The minimum absolute atomic E-state index is 0.140. The van der Waals surface area contributed by atoms with E-state index in [4.69, 9.17) is 9.52 Å². The molecule has 0 aliphatic rings. The smallest absolute Gasteiger partial charge is 0.371 e. The first-order valence-corrected chi connectivity index (χ1v) is 7.26. The van der Waals surface area contributed by atoms with Crippen molar-refractivity contribution in [1.82, 2.24) is 9.88 Å². The zero-order valence-corrected chi connectivity index (χ0v) is 13.0. The van der Waals surface area contributed by atoms with Gasteiger partial charge in [-0.3, -0.25) is 4.79 Å². The van der Waals surface area contributed by atoms with Crippen LogP contribution in [-0.2, 0) is 13.1 Å². The standard InChI is InChI=1S/C14H15BrN2O4/c1-2-5-17-8-9(15)6-11(17)13(18)16-7-10-3-4-12(21-10)14(19)20/h3-4,6,8H,2,5,7H2,1H3,(H,16,18)(H,19,20). The number of nitrogens with zero attached hydrogens (tertiary/aromatic N) is 1. The second kappa shape index (κ2) is 6.62. The van der Waals surface area contributed by atoms with Gasteiger partial charge in [-0.2, -0.15) is 0 Å². The van der Waals surface area contributed by atoms with E-state index in [0.29, 0.717) is 11.5 Å². The molecule has 2 N–H and O–H groups in total. The minimum Gasteiger partial charge on any atom is -0.475 e. The molecule has 2 heterocycles. The predicted octanol–water partition coefficient (Wildman–Crippen LogP) is 2.88. The maximum absolute atomic E-state index is 12.2. The number of carboxylic acid groups (broad SMARTS) is 1. The molecule has 112 valence electrons. The molecule has 0 saturated carbocycles. The molecule has 0 fully saturated rings. The van der Waals surface area contributed by atoms with Crippen LogP contribution in [0.25, 0.3) is 0 Å². The first-order chi connectivity index (χ1) is 10.0. The maximum Gasteiger partial charge on any atom is 0.371 e. The summed E-state index contributed by atoms with van der Waals surface area (Å²) < 4.78 is 7.79. The van der Waals surface area contributed by atoms with E-state index in [1.165, 1.54) is 12.1 Å². The lowest BCUT2D eigenvalue weighted by molar-refractivity contribution is 0.0660. The van der Waals surface area contributed by atoms with Gasteiger partial charge < -0.3 is 19.4 Å². The molecule has 2 aromatic rings. The molecule has 0 bridgehead atoms. The van der Waals surface area contributed by atoms with Gasteiger partial charge in [0.15, 0.2) is 0 Å². The highest BCUT2D eigenvalue weighted by Gasteiger charge is 2.14. The van der Waals surface area contributed by atoms with Gasteiger partial charge in [-0.1, -0.05) is 6.92 Å². The molecule has 0 atom stereocenters. The first-order valence-electron chi connectivity index (χ1n) is 6.47. The molecule has 2 aromatic heterocycles. The number of hydrogen-bond donors (Lipinski definition) is 2. The molecule has 0 radical (unpaired) electrons. The molecule has 21 heavy (non-hydrogen) atoms. The maximum atomic E-state index is 12.2. The molecular weight excluding hydrogens is 340 g/mol. The van der Waals surface area contributed by atoms with Crippen LogP contribution < -0.4 is 5.32 Å². The number of aromatic carboxylic acids is 1. The van der Waals surface area contributed by atoms with E-state index in [2.05, 4.69) is 21.2 Å². The number of furan rings is 1. The van der Waals surface area contributed by atoms with Crippen molar-refractivity contribution in [2.75, 3.05) is 0 Å². The van der Waals surface area contributed by atoms with Gasteiger partial charge in [0.2, 0.25) is 5.76 Å². The Labute approximate surface area is 129 Å². The number of aromatic nitrogens is 1. The Bertz CT molecular complexity index is 660. The molecule has 0 spiro atoms. The molecule has 6 nitrogen and oxygen atoms in total. The van der Waals surface area contributed by atoms with Crippen LogP contribution in [0.3, 0.4) is 0 Å². The number of halogens is 1.